The first-order chi connectivity index (χ1) is 16.1. The van der Waals surface area contributed by atoms with Crippen LogP contribution in [0.3, 0.4) is 0 Å². The molecule has 0 aromatic carbocycles. The molecule has 1 rings (SSSR count). The fraction of sp³-hybridized carbons (Fsp3) is 1.00. The van der Waals surface area contributed by atoms with Crippen LogP contribution in [0, 0.1) is 5.92 Å². The van der Waals surface area contributed by atoms with Crippen LogP contribution in [0.1, 0.15) is 39.0 Å². The lowest BCUT2D eigenvalue weighted by molar-refractivity contribution is -0.244. The van der Waals surface area contributed by atoms with Gasteiger partial charge in [0.2, 0.25) is 0 Å². The van der Waals surface area contributed by atoms with Gasteiger partial charge in [-0.1, -0.05) is 6.92 Å². The minimum atomic E-state index is -2.62. The lowest BCUT2D eigenvalue weighted by Crippen LogP contribution is -2.64. The van der Waals surface area contributed by atoms with Crippen LogP contribution < -0.4 is 5.73 Å². The minimum Gasteiger partial charge on any atom is -0.377 e. The quantitative estimate of drug-likeness (QED) is 0.199. The SMILES string of the molecule is COC1(OC)CCCC1(N)C(C)CN(CCC[Si](OC)(OC)OC)CCC[Si](OC)(OC)OC. The number of ether oxygens (including phenoxy) is 2. The van der Waals surface area contributed by atoms with Crippen LogP contribution in [-0.4, -0.2) is 110 Å². The van der Waals surface area contributed by atoms with Gasteiger partial charge in [0.1, 0.15) is 0 Å². The summed E-state index contributed by atoms with van der Waals surface area (Å²) in [7, 11) is 8.03. The van der Waals surface area contributed by atoms with Crippen molar-refractivity contribution in [3.8, 4) is 0 Å². The van der Waals surface area contributed by atoms with Crippen LogP contribution in [-0.2, 0) is 36.0 Å². The number of nitrogens with zero attached hydrogens (tertiary/aromatic N) is 1. The zero-order valence-corrected chi connectivity index (χ0v) is 24.9. The zero-order valence-electron chi connectivity index (χ0n) is 22.9. The number of hydrogen-bond donors (Lipinski definition) is 1. The fourth-order valence-electron chi connectivity index (χ4n) is 5.32. The highest BCUT2D eigenvalue weighted by atomic mass is 28.4. The normalized spacial score (nSPS) is 22.0. The average Bonchev–Trinajstić information content (AvgIpc) is 3.22. The van der Waals surface area contributed by atoms with E-state index in [1.807, 2.05) is 0 Å². The molecule has 0 amide bonds. The van der Waals surface area contributed by atoms with Gasteiger partial charge in [-0.15, -0.1) is 0 Å². The molecule has 12 heteroatoms. The van der Waals surface area contributed by atoms with Gasteiger partial charge in [0.15, 0.2) is 5.79 Å². The van der Waals surface area contributed by atoms with Gasteiger partial charge in [-0.2, -0.15) is 0 Å². The summed E-state index contributed by atoms with van der Waals surface area (Å²) < 4.78 is 45.3. The minimum absolute atomic E-state index is 0.151. The highest BCUT2D eigenvalue weighted by molar-refractivity contribution is 6.60. The molecule has 34 heavy (non-hydrogen) atoms. The molecule has 0 aromatic heterocycles. The van der Waals surface area contributed by atoms with Crippen molar-refractivity contribution >= 4 is 17.6 Å². The van der Waals surface area contributed by atoms with Crippen LogP contribution in [0.4, 0.5) is 0 Å². The predicted molar refractivity (Wildman–Crippen MR) is 136 cm³/mol. The maximum Gasteiger partial charge on any atom is 0.500 e. The van der Waals surface area contributed by atoms with Crippen molar-refractivity contribution in [1.82, 2.24) is 4.90 Å². The Bertz CT molecular complexity index is 522. The van der Waals surface area contributed by atoms with Crippen molar-refractivity contribution < 1.29 is 36.0 Å². The monoisotopic (exact) mass is 526 g/mol. The van der Waals surface area contributed by atoms with Crippen molar-refractivity contribution in [2.24, 2.45) is 11.7 Å². The summed E-state index contributed by atoms with van der Waals surface area (Å²) in [6.45, 7) is 4.73. The Kier molecular flexibility index (Phi) is 13.9. The standard InChI is InChI=1S/C22H50N2O8Si2/c1-20(21(23)13-10-14-22(21,25-2)26-3)19-24(15-11-17-33(27-4,28-5)29-6)16-12-18-34(30-7,31-8)32-9/h20H,10-19,23H2,1-9H3. The third kappa shape index (κ3) is 7.29. The second-order valence-electron chi connectivity index (χ2n) is 9.05. The first-order valence-corrected chi connectivity index (χ1v) is 15.9. The molecule has 204 valence electrons. The van der Waals surface area contributed by atoms with Gasteiger partial charge in [0, 0.05) is 81.9 Å². The molecule has 0 bridgehead atoms. The molecule has 2 unspecified atom stereocenters. The molecule has 1 aliphatic carbocycles. The molecule has 1 saturated carbocycles. The van der Waals surface area contributed by atoms with E-state index in [-0.39, 0.29) is 5.92 Å². The first kappa shape index (κ1) is 32.1. The van der Waals surface area contributed by atoms with Crippen LogP contribution in [0.2, 0.25) is 12.1 Å². The van der Waals surface area contributed by atoms with E-state index in [0.717, 1.165) is 63.8 Å². The summed E-state index contributed by atoms with van der Waals surface area (Å²) in [6, 6.07) is 1.48. The Morgan fingerprint density at radius 3 is 1.50 bits per heavy atom. The summed E-state index contributed by atoms with van der Waals surface area (Å²) in [5.74, 6) is -0.606. The molecule has 2 atom stereocenters. The number of hydrogen-bond acceptors (Lipinski definition) is 10. The molecule has 0 aliphatic heterocycles. The third-order valence-corrected chi connectivity index (χ3v) is 13.3. The number of methoxy groups -OCH3 is 2. The summed E-state index contributed by atoms with van der Waals surface area (Å²) in [6.07, 6.45) is 4.41. The Morgan fingerprint density at radius 1 is 0.735 bits per heavy atom. The van der Waals surface area contributed by atoms with E-state index in [4.69, 9.17) is 41.8 Å². The van der Waals surface area contributed by atoms with E-state index >= 15 is 0 Å². The summed E-state index contributed by atoms with van der Waals surface area (Å²) in [5, 5.41) is 0. The molecule has 1 fully saturated rings. The third-order valence-electron chi connectivity index (χ3n) is 7.66. The van der Waals surface area contributed by atoms with Gasteiger partial charge >= 0.3 is 17.6 Å². The van der Waals surface area contributed by atoms with E-state index in [0.29, 0.717) is 0 Å². The van der Waals surface area contributed by atoms with Crippen molar-refractivity contribution in [1.29, 1.82) is 0 Å². The molecule has 0 spiro atoms. The van der Waals surface area contributed by atoms with E-state index in [9.17, 15) is 0 Å². The Hall–Kier alpha value is 0.0338. The van der Waals surface area contributed by atoms with Crippen molar-refractivity contribution in [3.05, 3.63) is 0 Å². The van der Waals surface area contributed by atoms with E-state index in [2.05, 4.69) is 11.8 Å². The topological polar surface area (TPSA) is 103 Å². The van der Waals surface area contributed by atoms with Gasteiger partial charge in [0.05, 0.1) is 5.54 Å². The lowest BCUT2D eigenvalue weighted by Gasteiger charge is -2.46. The smallest absolute Gasteiger partial charge is 0.377 e. The molecule has 2 N–H and O–H groups in total. The Morgan fingerprint density at radius 2 is 1.15 bits per heavy atom. The van der Waals surface area contributed by atoms with E-state index in [1.54, 1.807) is 56.9 Å². The second kappa shape index (κ2) is 14.7. The van der Waals surface area contributed by atoms with Crippen molar-refractivity contribution in [2.75, 3.05) is 76.5 Å². The number of rotatable bonds is 19. The van der Waals surface area contributed by atoms with E-state index < -0.39 is 28.9 Å². The van der Waals surface area contributed by atoms with E-state index in [1.165, 1.54) is 0 Å². The maximum atomic E-state index is 6.99. The van der Waals surface area contributed by atoms with Crippen molar-refractivity contribution in [2.45, 2.75) is 62.4 Å². The van der Waals surface area contributed by atoms with Crippen LogP contribution >= 0.6 is 0 Å². The molecule has 0 saturated heterocycles. The Labute approximate surface area is 209 Å². The van der Waals surface area contributed by atoms with Crippen LogP contribution in [0.5, 0.6) is 0 Å². The van der Waals surface area contributed by atoms with Crippen LogP contribution in [0.15, 0.2) is 0 Å². The molecule has 0 aromatic rings. The van der Waals surface area contributed by atoms with Gasteiger partial charge < -0.3 is 46.7 Å². The lowest BCUT2D eigenvalue weighted by atomic mass is 9.79. The molecular weight excluding hydrogens is 476 g/mol. The summed E-state index contributed by atoms with van der Waals surface area (Å²) in [5.41, 5.74) is 6.43. The van der Waals surface area contributed by atoms with Gasteiger partial charge in [-0.3, -0.25) is 0 Å². The largest absolute Gasteiger partial charge is 0.500 e. The van der Waals surface area contributed by atoms with Gasteiger partial charge in [-0.25, -0.2) is 0 Å². The second-order valence-corrected chi connectivity index (χ2v) is 15.2. The molecule has 1 aliphatic rings. The first-order valence-electron chi connectivity index (χ1n) is 12.1. The molecular formula is C22H50N2O8Si2. The fourth-order valence-corrected chi connectivity index (χ4v) is 8.73. The maximum absolute atomic E-state index is 6.99. The highest BCUT2D eigenvalue weighted by Gasteiger charge is 2.56. The molecule has 0 heterocycles. The predicted octanol–water partition coefficient (Wildman–Crippen LogP) is 2.33. The highest BCUT2D eigenvalue weighted by Crippen LogP contribution is 2.45. The zero-order chi connectivity index (χ0) is 25.9. The van der Waals surface area contributed by atoms with Gasteiger partial charge in [-0.05, 0) is 44.7 Å². The summed E-state index contributed by atoms with van der Waals surface area (Å²) in [4.78, 5) is 2.44. The van der Waals surface area contributed by atoms with Gasteiger partial charge in [0.25, 0.3) is 0 Å². The molecule has 10 nitrogen and oxygen atoms in total. The average molecular weight is 527 g/mol. The summed E-state index contributed by atoms with van der Waals surface area (Å²) >= 11 is 0. The van der Waals surface area contributed by atoms with Crippen molar-refractivity contribution in [3.63, 3.8) is 0 Å². The molecule has 0 radical (unpaired) electrons. The number of nitrogens with two attached hydrogens (primary N) is 1. The van der Waals surface area contributed by atoms with Crippen LogP contribution in [0.25, 0.3) is 0 Å². The Balaban J connectivity index is 2.93.